The van der Waals surface area contributed by atoms with Crippen molar-refractivity contribution in [2.24, 2.45) is 0 Å². The van der Waals surface area contributed by atoms with Gasteiger partial charge in [0.25, 0.3) is 0 Å². The first-order valence-electron chi connectivity index (χ1n) is 7.03. The van der Waals surface area contributed by atoms with Crippen LogP contribution in [0.4, 0.5) is 17.3 Å². The molecular weight excluding hydrogens is 262 g/mol. The Morgan fingerprint density at radius 3 is 2.67 bits per heavy atom. The van der Waals surface area contributed by atoms with E-state index in [1.807, 2.05) is 55.1 Å². The molecule has 2 aromatic rings. The highest BCUT2D eigenvalue weighted by Gasteiger charge is 2.12. The summed E-state index contributed by atoms with van der Waals surface area (Å²) in [6, 6.07) is 14.1. The molecule has 1 heterocycles. The molecule has 1 aromatic heterocycles. The lowest BCUT2D eigenvalue weighted by Gasteiger charge is -2.23. The van der Waals surface area contributed by atoms with Crippen LogP contribution in [0.25, 0.3) is 0 Å². The molecule has 108 valence electrons. The Morgan fingerprint density at radius 2 is 2.00 bits per heavy atom. The quantitative estimate of drug-likeness (QED) is 0.880. The van der Waals surface area contributed by atoms with Crippen molar-refractivity contribution < 1.29 is 0 Å². The minimum atomic E-state index is 0.439. The van der Waals surface area contributed by atoms with E-state index in [1.54, 1.807) is 0 Å². The third-order valence-corrected chi connectivity index (χ3v) is 2.97. The predicted octanol–water partition coefficient (Wildman–Crippen LogP) is 3.27. The zero-order chi connectivity index (χ0) is 15.1. The van der Waals surface area contributed by atoms with Crippen molar-refractivity contribution in [2.75, 3.05) is 23.3 Å². The molecule has 0 atom stereocenters. The van der Waals surface area contributed by atoms with Gasteiger partial charge in [0, 0.05) is 24.8 Å². The van der Waals surface area contributed by atoms with E-state index in [9.17, 15) is 0 Å². The number of nitriles is 1. The third-order valence-electron chi connectivity index (χ3n) is 2.97. The number of benzene rings is 1. The lowest BCUT2D eigenvalue weighted by Crippen LogP contribution is -2.20. The van der Waals surface area contributed by atoms with Crippen molar-refractivity contribution in [3.05, 3.63) is 42.2 Å². The van der Waals surface area contributed by atoms with Crippen LogP contribution in [0.3, 0.4) is 0 Å². The maximum Gasteiger partial charge on any atom is 0.138 e. The predicted molar refractivity (Wildman–Crippen MR) is 84.6 cm³/mol. The smallest absolute Gasteiger partial charge is 0.138 e. The third kappa shape index (κ3) is 3.93. The molecule has 0 aliphatic rings. The average Bonchev–Trinajstić information content (AvgIpc) is 2.48. The van der Waals surface area contributed by atoms with E-state index < -0.39 is 0 Å². The largest absolute Gasteiger partial charge is 0.370 e. The molecule has 0 aliphatic carbocycles. The second-order valence-corrected chi connectivity index (χ2v) is 4.58. The van der Waals surface area contributed by atoms with E-state index in [0.717, 1.165) is 23.9 Å². The first-order chi connectivity index (χ1) is 10.2. The number of nitrogens with one attached hydrogen (secondary N) is 1. The summed E-state index contributed by atoms with van der Waals surface area (Å²) in [6.07, 6.45) is 0.439. The molecule has 21 heavy (non-hydrogen) atoms. The monoisotopic (exact) mass is 281 g/mol. The molecule has 0 radical (unpaired) electrons. The van der Waals surface area contributed by atoms with Gasteiger partial charge >= 0.3 is 0 Å². The van der Waals surface area contributed by atoms with Crippen LogP contribution >= 0.6 is 0 Å². The molecule has 0 aliphatic heterocycles. The molecule has 0 spiro atoms. The van der Waals surface area contributed by atoms with Gasteiger partial charge in [-0.15, -0.1) is 0 Å². The molecule has 2 rings (SSSR count). The van der Waals surface area contributed by atoms with Gasteiger partial charge in [-0.05, 0) is 26.0 Å². The maximum absolute atomic E-state index is 8.88. The molecule has 0 saturated heterocycles. The first-order valence-corrected chi connectivity index (χ1v) is 7.03. The Labute approximate surface area is 125 Å². The number of hydrogen-bond acceptors (Lipinski definition) is 5. The van der Waals surface area contributed by atoms with E-state index in [2.05, 4.69) is 21.4 Å². The fourth-order valence-electron chi connectivity index (χ4n) is 2.11. The van der Waals surface area contributed by atoms with E-state index in [1.165, 1.54) is 0 Å². The van der Waals surface area contributed by atoms with Crippen molar-refractivity contribution in [1.82, 2.24) is 9.97 Å². The summed E-state index contributed by atoms with van der Waals surface area (Å²) in [7, 11) is 0. The highest BCUT2D eigenvalue weighted by atomic mass is 15.2. The summed E-state index contributed by atoms with van der Waals surface area (Å²) in [5.41, 5.74) is 1.02. The topological polar surface area (TPSA) is 64.8 Å². The molecule has 1 N–H and O–H groups in total. The van der Waals surface area contributed by atoms with E-state index in [0.29, 0.717) is 18.8 Å². The molecule has 0 unspecified atom stereocenters. The minimum Gasteiger partial charge on any atom is -0.370 e. The Kier molecular flexibility index (Phi) is 5.10. The van der Waals surface area contributed by atoms with E-state index in [-0.39, 0.29) is 0 Å². The van der Waals surface area contributed by atoms with Crippen molar-refractivity contribution >= 4 is 17.3 Å². The Bertz CT molecular complexity index is 618. The van der Waals surface area contributed by atoms with E-state index in [4.69, 9.17) is 5.26 Å². The number of anilines is 3. The number of para-hydroxylation sites is 1. The molecule has 0 bridgehead atoms. The second kappa shape index (κ2) is 7.25. The summed E-state index contributed by atoms with van der Waals surface area (Å²) in [4.78, 5) is 10.9. The van der Waals surface area contributed by atoms with Crippen LogP contribution in [0.1, 0.15) is 19.2 Å². The average molecular weight is 281 g/mol. The summed E-state index contributed by atoms with van der Waals surface area (Å²) < 4.78 is 0. The fourth-order valence-corrected chi connectivity index (χ4v) is 2.11. The van der Waals surface area contributed by atoms with Gasteiger partial charge in [-0.25, -0.2) is 9.97 Å². The number of aromatic nitrogens is 2. The van der Waals surface area contributed by atoms with Gasteiger partial charge in [0.05, 0.1) is 12.5 Å². The number of rotatable bonds is 6. The Morgan fingerprint density at radius 1 is 1.24 bits per heavy atom. The summed E-state index contributed by atoms with van der Waals surface area (Å²) in [5, 5.41) is 12.1. The Balaban J connectivity index is 2.39. The van der Waals surface area contributed by atoms with Crippen LogP contribution in [-0.4, -0.2) is 23.1 Å². The lowest BCUT2D eigenvalue weighted by atomic mass is 10.2. The highest BCUT2D eigenvalue weighted by Crippen LogP contribution is 2.25. The lowest BCUT2D eigenvalue weighted by molar-refractivity contribution is 0.906. The first kappa shape index (κ1) is 14.8. The molecule has 0 amide bonds. The van der Waals surface area contributed by atoms with Gasteiger partial charge < -0.3 is 10.2 Å². The zero-order valence-corrected chi connectivity index (χ0v) is 12.4. The van der Waals surface area contributed by atoms with Crippen LogP contribution in [0.2, 0.25) is 0 Å². The Hall–Kier alpha value is -2.61. The number of aryl methyl sites for hydroxylation is 1. The van der Waals surface area contributed by atoms with Crippen molar-refractivity contribution in [1.29, 1.82) is 5.26 Å². The summed E-state index contributed by atoms with van der Waals surface area (Å²) in [5.74, 6) is 2.32. The van der Waals surface area contributed by atoms with Gasteiger partial charge in [0.2, 0.25) is 0 Å². The van der Waals surface area contributed by atoms with Crippen LogP contribution in [0.5, 0.6) is 0 Å². The van der Waals surface area contributed by atoms with Gasteiger partial charge in [-0.2, -0.15) is 5.26 Å². The standard InChI is InChI=1S/C16H19N5/c1-3-18-15-12-16(20-13(2)19-15)21(11-7-10-17)14-8-5-4-6-9-14/h4-6,8-9,12H,3,7,11H2,1-2H3,(H,18,19,20). The SMILES string of the molecule is CCNc1cc(N(CCC#N)c2ccccc2)nc(C)n1. The highest BCUT2D eigenvalue weighted by molar-refractivity contribution is 5.62. The van der Waals surface area contributed by atoms with Crippen molar-refractivity contribution in [3.63, 3.8) is 0 Å². The number of nitrogens with zero attached hydrogens (tertiary/aromatic N) is 4. The molecule has 5 nitrogen and oxygen atoms in total. The fraction of sp³-hybridized carbons (Fsp3) is 0.312. The maximum atomic E-state index is 8.88. The van der Waals surface area contributed by atoms with Crippen LogP contribution in [-0.2, 0) is 0 Å². The molecular formula is C16H19N5. The minimum absolute atomic E-state index is 0.439. The van der Waals surface area contributed by atoms with Gasteiger partial charge in [-0.3, -0.25) is 0 Å². The molecule has 1 aromatic carbocycles. The molecule has 0 saturated carbocycles. The van der Waals surface area contributed by atoms with Gasteiger partial charge in [-0.1, -0.05) is 18.2 Å². The molecule has 5 heteroatoms. The van der Waals surface area contributed by atoms with Crippen LogP contribution in [0.15, 0.2) is 36.4 Å². The van der Waals surface area contributed by atoms with Crippen LogP contribution in [0, 0.1) is 18.3 Å². The zero-order valence-electron chi connectivity index (χ0n) is 12.4. The van der Waals surface area contributed by atoms with E-state index >= 15 is 0 Å². The molecule has 0 fully saturated rings. The van der Waals surface area contributed by atoms with Gasteiger partial charge in [0.1, 0.15) is 17.5 Å². The number of hydrogen-bond donors (Lipinski definition) is 1. The summed E-state index contributed by atoms with van der Waals surface area (Å²) >= 11 is 0. The van der Waals surface area contributed by atoms with Crippen molar-refractivity contribution in [2.45, 2.75) is 20.3 Å². The second-order valence-electron chi connectivity index (χ2n) is 4.58. The van der Waals surface area contributed by atoms with Crippen molar-refractivity contribution in [3.8, 4) is 6.07 Å². The summed E-state index contributed by atoms with van der Waals surface area (Å²) in [6.45, 7) is 5.31. The van der Waals surface area contributed by atoms with Gasteiger partial charge in [0.15, 0.2) is 0 Å². The van der Waals surface area contributed by atoms with Crippen LogP contribution < -0.4 is 10.2 Å². The normalized spacial score (nSPS) is 9.95.